The molecule has 1 heterocycles. The van der Waals surface area contributed by atoms with Crippen molar-refractivity contribution < 1.29 is 24.1 Å². The number of benzene rings is 2. The molecule has 0 fully saturated rings. The SMILES string of the molecule is O=C(CSc1ccc2c(c1)OCCO2)NCC(O)COc1cccc(Cl)c1Cl. The zero-order chi connectivity index (χ0) is 19.9. The molecule has 6 nitrogen and oxygen atoms in total. The highest BCUT2D eigenvalue weighted by molar-refractivity contribution is 8.00. The average Bonchev–Trinajstić information content (AvgIpc) is 2.71. The maximum Gasteiger partial charge on any atom is 0.230 e. The standard InChI is InChI=1S/C19H19Cl2NO5S/c20-14-2-1-3-16(19(14)21)27-10-12(23)9-22-18(24)11-28-13-4-5-15-17(8-13)26-7-6-25-15/h1-5,8,12,23H,6-7,9-11H2,(H,22,24). The molecule has 0 bridgehead atoms. The highest BCUT2D eigenvalue weighted by atomic mass is 35.5. The first kappa shape index (κ1) is 20.9. The zero-order valence-corrected chi connectivity index (χ0v) is 17.1. The number of fused-ring (bicyclic) bond motifs is 1. The highest BCUT2D eigenvalue weighted by Gasteiger charge is 2.14. The van der Waals surface area contributed by atoms with Crippen molar-refractivity contribution in [2.75, 3.05) is 32.1 Å². The van der Waals surface area contributed by atoms with Gasteiger partial charge in [0, 0.05) is 11.4 Å². The first-order chi connectivity index (χ1) is 13.5. The number of carbonyl (C=O) groups is 1. The van der Waals surface area contributed by atoms with E-state index in [4.69, 9.17) is 37.4 Å². The number of amides is 1. The van der Waals surface area contributed by atoms with Crippen LogP contribution in [-0.4, -0.2) is 49.2 Å². The Morgan fingerprint density at radius 1 is 1.21 bits per heavy atom. The van der Waals surface area contributed by atoms with E-state index >= 15 is 0 Å². The lowest BCUT2D eigenvalue weighted by Crippen LogP contribution is -2.36. The molecule has 0 radical (unpaired) electrons. The third kappa shape index (κ3) is 5.85. The van der Waals surface area contributed by atoms with E-state index in [0.29, 0.717) is 35.5 Å². The predicted molar refractivity (Wildman–Crippen MR) is 109 cm³/mol. The zero-order valence-electron chi connectivity index (χ0n) is 14.8. The number of thioether (sulfide) groups is 1. The van der Waals surface area contributed by atoms with Crippen LogP contribution in [0.5, 0.6) is 17.2 Å². The molecule has 0 aliphatic carbocycles. The van der Waals surface area contributed by atoms with Crippen LogP contribution in [0.4, 0.5) is 0 Å². The van der Waals surface area contributed by atoms with Crippen molar-refractivity contribution in [1.82, 2.24) is 5.32 Å². The van der Waals surface area contributed by atoms with Crippen LogP contribution in [0.25, 0.3) is 0 Å². The van der Waals surface area contributed by atoms with E-state index in [1.807, 2.05) is 18.2 Å². The van der Waals surface area contributed by atoms with Crippen molar-refractivity contribution in [2.45, 2.75) is 11.0 Å². The van der Waals surface area contributed by atoms with Crippen LogP contribution < -0.4 is 19.5 Å². The molecule has 150 valence electrons. The molecule has 1 atom stereocenters. The fourth-order valence-corrected chi connectivity index (χ4v) is 3.49. The van der Waals surface area contributed by atoms with E-state index < -0.39 is 6.10 Å². The van der Waals surface area contributed by atoms with Gasteiger partial charge < -0.3 is 24.6 Å². The quantitative estimate of drug-likeness (QED) is 0.608. The summed E-state index contributed by atoms with van der Waals surface area (Å²) in [5.41, 5.74) is 0. The van der Waals surface area contributed by atoms with Gasteiger partial charge in [-0.3, -0.25) is 4.79 Å². The Kier molecular flexibility index (Phi) is 7.56. The van der Waals surface area contributed by atoms with Crippen LogP contribution in [0.2, 0.25) is 10.0 Å². The molecule has 9 heteroatoms. The van der Waals surface area contributed by atoms with Crippen LogP contribution in [0, 0.1) is 0 Å². The molecule has 0 aromatic heterocycles. The highest BCUT2D eigenvalue weighted by Crippen LogP contribution is 2.34. The van der Waals surface area contributed by atoms with Crippen LogP contribution in [0.15, 0.2) is 41.3 Å². The summed E-state index contributed by atoms with van der Waals surface area (Å²) in [7, 11) is 0. The summed E-state index contributed by atoms with van der Waals surface area (Å²) in [5.74, 6) is 1.80. The van der Waals surface area contributed by atoms with Gasteiger partial charge in [-0.2, -0.15) is 0 Å². The Labute approximate surface area is 177 Å². The molecule has 28 heavy (non-hydrogen) atoms. The summed E-state index contributed by atoms with van der Waals surface area (Å²) < 4.78 is 16.4. The third-order valence-electron chi connectivity index (χ3n) is 3.77. The second kappa shape index (κ2) is 10.1. The van der Waals surface area contributed by atoms with Crippen molar-refractivity contribution in [3.8, 4) is 17.2 Å². The molecule has 0 saturated carbocycles. The van der Waals surface area contributed by atoms with E-state index in [2.05, 4.69) is 5.32 Å². The van der Waals surface area contributed by atoms with Gasteiger partial charge >= 0.3 is 0 Å². The summed E-state index contributed by atoms with van der Waals surface area (Å²) in [4.78, 5) is 12.9. The largest absolute Gasteiger partial charge is 0.489 e. The Hall–Kier alpha value is -1.80. The maximum atomic E-state index is 12.0. The van der Waals surface area contributed by atoms with Crippen molar-refractivity contribution in [3.63, 3.8) is 0 Å². The summed E-state index contributed by atoms with van der Waals surface area (Å²) in [6.07, 6.45) is -0.877. The predicted octanol–water partition coefficient (Wildman–Crippen LogP) is 3.41. The number of rotatable bonds is 8. The smallest absolute Gasteiger partial charge is 0.230 e. The van der Waals surface area contributed by atoms with Gasteiger partial charge in [0.1, 0.15) is 36.7 Å². The van der Waals surface area contributed by atoms with Gasteiger partial charge in [0.2, 0.25) is 5.91 Å². The second-order valence-electron chi connectivity index (χ2n) is 5.91. The van der Waals surface area contributed by atoms with Gasteiger partial charge in [0.05, 0.1) is 10.8 Å². The molecular formula is C19H19Cl2NO5S. The molecule has 2 aromatic rings. The number of hydrogen-bond acceptors (Lipinski definition) is 6. The van der Waals surface area contributed by atoms with E-state index in [1.165, 1.54) is 11.8 Å². The summed E-state index contributed by atoms with van der Waals surface area (Å²) in [6.45, 7) is 1.10. The Morgan fingerprint density at radius 2 is 2.00 bits per heavy atom. The monoisotopic (exact) mass is 443 g/mol. The number of carbonyl (C=O) groups excluding carboxylic acids is 1. The number of ether oxygens (including phenoxy) is 3. The number of halogens is 2. The average molecular weight is 444 g/mol. The first-order valence-corrected chi connectivity index (χ1v) is 10.3. The lowest BCUT2D eigenvalue weighted by molar-refractivity contribution is -0.119. The van der Waals surface area contributed by atoms with E-state index in [9.17, 15) is 9.90 Å². The van der Waals surface area contributed by atoms with Gasteiger partial charge in [0.15, 0.2) is 11.5 Å². The number of aliphatic hydroxyl groups is 1. The van der Waals surface area contributed by atoms with Crippen molar-refractivity contribution in [2.24, 2.45) is 0 Å². The lowest BCUT2D eigenvalue weighted by atomic mass is 10.3. The van der Waals surface area contributed by atoms with Crippen LogP contribution in [0.3, 0.4) is 0 Å². The Morgan fingerprint density at radius 3 is 2.82 bits per heavy atom. The lowest BCUT2D eigenvalue weighted by Gasteiger charge is -2.18. The molecule has 1 amide bonds. The molecule has 1 unspecified atom stereocenters. The van der Waals surface area contributed by atoms with Crippen LogP contribution in [-0.2, 0) is 4.79 Å². The van der Waals surface area contributed by atoms with Crippen molar-refractivity contribution >= 4 is 40.9 Å². The summed E-state index contributed by atoms with van der Waals surface area (Å²) in [6, 6.07) is 10.6. The van der Waals surface area contributed by atoms with Gasteiger partial charge in [-0.15, -0.1) is 11.8 Å². The number of aliphatic hydroxyl groups excluding tert-OH is 1. The Bertz CT molecular complexity index is 836. The maximum absolute atomic E-state index is 12.0. The third-order valence-corrected chi connectivity index (χ3v) is 5.56. The van der Waals surface area contributed by atoms with Crippen molar-refractivity contribution in [1.29, 1.82) is 0 Å². The molecule has 1 aliphatic rings. The van der Waals surface area contributed by atoms with Crippen molar-refractivity contribution in [3.05, 3.63) is 46.4 Å². The van der Waals surface area contributed by atoms with E-state index in [-0.39, 0.29) is 29.8 Å². The number of nitrogens with one attached hydrogen (secondary N) is 1. The minimum absolute atomic E-state index is 0.0182. The van der Waals surface area contributed by atoms with Gasteiger partial charge in [-0.25, -0.2) is 0 Å². The summed E-state index contributed by atoms with van der Waals surface area (Å²) >= 11 is 13.3. The fourth-order valence-electron chi connectivity index (χ4n) is 2.39. The molecule has 3 rings (SSSR count). The van der Waals surface area contributed by atoms with Gasteiger partial charge in [-0.1, -0.05) is 29.3 Å². The molecular weight excluding hydrogens is 425 g/mol. The van der Waals surface area contributed by atoms with E-state index in [0.717, 1.165) is 4.90 Å². The minimum Gasteiger partial charge on any atom is -0.489 e. The first-order valence-electron chi connectivity index (χ1n) is 8.57. The summed E-state index contributed by atoms with van der Waals surface area (Å²) in [5, 5.41) is 13.3. The molecule has 0 spiro atoms. The van der Waals surface area contributed by atoms with Crippen LogP contribution in [0.1, 0.15) is 0 Å². The topological polar surface area (TPSA) is 77.0 Å². The van der Waals surface area contributed by atoms with Gasteiger partial charge in [-0.05, 0) is 30.3 Å². The fraction of sp³-hybridized carbons (Fsp3) is 0.316. The van der Waals surface area contributed by atoms with E-state index in [1.54, 1.807) is 18.2 Å². The normalized spacial score (nSPS) is 13.7. The van der Waals surface area contributed by atoms with Crippen LogP contribution >= 0.6 is 35.0 Å². The Balaban J connectivity index is 1.38. The molecule has 0 saturated heterocycles. The van der Waals surface area contributed by atoms with Gasteiger partial charge in [0.25, 0.3) is 0 Å². The molecule has 2 aromatic carbocycles. The molecule has 2 N–H and O–H groups in total. The minimum atomic E-state index is -0.877. The molecule has 1 aliphatic heterocycles. The second-order valence-corrected chi connectivity index (χ2v) is 7.75. The number of hydrogen-bond donors (Lipinski definition) is 2.